The third-order valence-corrected chi connectivity index (χ3v) is 3.21. The van der Waals surface area contributed by atoms with Gasteiger partial charge in [-0.3, -0.25) is 0 Å². The van der Waals surface area contributed by atoms with Gasteiger partial charge in [0, 0.05) is 0 Å². The lowest BCUT2D eigenvalue weighted by atomic mass is 9.77. The molecular weight excluding hydrogens is 202 g/mol. The highest BCUT2D eigenvalue weighted by Crippen LogP contribution is 2.42. The fourth-order valence-corrected chi connectivity index (χ4v) is 1.91. The Hall–Kier alpha value is -0.670. The first-order valence-corrected chi connectivity index (χ1v) is 5.51. The van der Waals surface area contributed by atoms with Crippen molar-refractivity contribution in [3.8, 4) is 0 Å². The molecule has 0 amide bonds. The van der Waals surface area contributed by atoms with Crippen molar-refractivity contribution >= 4 is 5.97 Å². The summed E-state index contributed by atoms with van der Waals surface area (Å²) < 4.78 is 32.4. The van der Waals surface area contributed by atoms with Gasteiger partial charge in [0.2, 0.25) is 5.67 Å². The molecule has 0 aliphatic heterocycles. The van der Waals surface area contributed by atoms with Gasteiger partial charge in [0.25, 0.3) is 0 Å². The number of halogens is 2. The van der Waals surface area contributed by atoms with Crippen molar-refractivity contribution in [3.05, 3.63) is 0 Å². The van der Waals surface area contributed by atoms with E-state index in [2.05, 4.69) is 4.74 Å². The maximum absolute atomic E-state index is 14.0. The third-order valence-electron chi connectivity index (χ3n) is 3.21. The summed E-state index contributed by atoms with van der Waals surface area (Å²) in [5.41, 5.74) is -3.25. The van der Waals surface area contributed by atoms with E-state index in [1.165, 1.54) is 0 Å². The average Bonchev–Trinajstić information content (AvgIpc) is 2.23. The number of ether oxygens (including phenoxy) is 1. The van der Waals surface area contributed by atoms with Crippen molar-refractivity contribution < 1.29 is 18.3 Å². The molecule has 1 rings (SSSR count). The SMILES string of the molecule is CCOC(=O)C1(F)CCC(F)(CC)CC1. The Labute approximate surface area is 89.0 Å². The second-order valence-electron chi connectivity index (χ2n) is 4.19. The fraction of sp³-hybridized carbons (Fsp3) is 0.909. The molecule has 0 atom stereocenters. The lowest BCUT2D eigenvalue weighted by Crippen LogP contribution is -2.43. The molecule has 0 unspecified atom stereocenters. The van der Waals surface area contributed by atoms with E-state index < -0.39 is 17.3 Å². The van der Waals surface area contributed by atoms with Gasteiger partial charge in [-0.2, -0.15) is 0 Å². The molecule has 4 heteroatoms. The van der Waals surface area contributed by atoms with Crippen molar-refractivity contribution in [1.82, 2.24) is 0 Å². The molecule has 0 saturated heterocycles. The van der Waals surface area contributed by atoms with Crippen LogP contribution in [0.1, 0.15) is 46.0 Å². The fourth-order valence-electron chi connectivity index (χ4n) is 1.91. The molecule has 1 aliphatic rings. The van der Waals surface area contributed by atoms with E-state index in [-0.39, 0.29) is 32.3 Å². The minimum atomic E-state index is -1.96. The summed E-state index contributed by atoms with van der Waals surface area (Å²) in [5, 5.41) is 0. The standard InChI is InChI=1S/C11H18F2O2/c1-3-10(12)5-7-11(13,8-6-10)9(14)15-4-2/h3-8H2,1-2H3. The van der Waals surface area contributed by atoms with Crippen LogP contribution >= 0.6 is 0 Å². The zero-order chi connectivity index (χ0) is 11.5. The predicted octanol–water partition coefficient (Wildman–Crippen LogP) is 2.95. The predicted molar refractivity (Wildman–Crippen MR) is 53.1 cm³/mol. The van der Waals surface area contributed by atoms with Crippen LogP contribution in [0, 0.1) is 0 Å². The second kappa shape index (κ2) is 4.45. The van der Waals surface area contributed by atoms with Gasteiger partial charge in [0.05, 0.1) is 6.61 Å². The Bertz CT molecular complexity index is 233. The number of rotatable bonds is 3. The van der Waals surface area contributed by atoms with Crippen molar-refractivity contribution in [2.75, 3.05) is 6.61 Å². The summed E-state index contributed by atoms with van der Waals surface area (Å²) in [6.45, 7) is 3.55. The van der Waals surface area contributed by atoms with Crippen molar-refractivity contribution in [2.24, 2.45) is 0 Å². The molecule has 0 aromatic carbocycles. The minimum absolute atomic E-state index is 0.0594. The summed E-state index contributed by atoms with van der Waals surface area (Å²) in [5.74, 6) is -0.830. The smallest absolute Gasteiger partial charge is 0.343 e. The van der Waals surface area contributed by atoms with E-state index in [4.69, 9.17) is 0 Å². The van der Waals surface area contributed by atoms with Gasteiger partial charge < -0.3 is 4.74 Å². The van der Waals surface area contributed by atoms with Crippen LogP contribution in [-0.4, -0.2) is 23.9 Å². The molecule has 15 heavy (non-hydrogen) atoms. The zero-order valence-corrected chi connectivity index (χ0v) is 9.32. The maximum atomic E-state index is 14.0. The summed E-state index contributed by atoms with van der Waals surface area (Å²) in [4.78, 5) is 11.3. The number of hydrogen-bond acceptors (Lipinski definition) is 2. The minimum Gasteiger partial charge on any atom is -0.464 e. The van der Waals surface area contributed by atoms with E-state index in [0.717, 1.165) is 0 Å². The lowest BCUT2D eigenvalue weighted by Gasteiger charge is -2.35. The molecule has 1 saturated carbocycles. The number of carbonyl (C=O) groups excluding carboxylic acids is 1. The molecule has 0 spiro atoms. The van der Waals surface area contributed by atoms with E-state index >= 15 is 0 Å². The summed E-state index contributed by atoms with van der Waals surface area (Å²) >= 11 is 0. The second-order valence-corrected chi connectivity index (χ2v) is 4.19. The Morgan fingerprint density at radius 1 is 1.20 bits per heavy atom. The van der Waals surface area contributed by atoms with Crippen LogP contribution < -0.4 is 0 Å². The van der Waals surface area contributed by atoms with E-state index in [0.29, 0.717) is 6.42 Å². The van der Waals surface area contributed by atoms with Gasteiger partial charge >= 0.3 is 5.97 Å². The normalized spacial score (nSPS) is 36.3. The van der Waals surface area contributed by atoms with Crippen LogP contribution in [0.4, 0.5) is 8.78 Å². The number of alkyl halides is 2. The van der Waals surface area contributed by atoms with Crippen molar-refractivity contribution in [1.29, 1.82) is 0 Å². The number of esters is 1. The van der Waals surface area contributed by atoms with Crippen LogP contribution in [0.15, 0.2) is 0 Å². The molecule has 0 bridgehead atoms. The van der Waals surface area contributed by atoms with Gasteiger partial charge in [-0.1, -0.05) is 6.92 Å². The number of hydrogen-bond donors (Lipinski definition) is 0. The lowest BCUT2D eigenvalue weighted by molar-refractivity contribution is -0.162. The van der Waals surface area contributed by atoms with E-state index in [1.807, 2.05) is 0 Å². The Kier molecular flexibility index (Phi) is 3.68. The number of carbonyl (C=O) groups is 1. The average molecular weight is 220 g/mol. The van der Waals surface area contributed by atoms with Gasteiger partial charge in [0.1, 0.15) is 5.67 Å². The summed E-state index contributed by atoms with van der Waals surface area (Å²) in [7, 11) is 0. The quantitative estimate of drug-likeness (QED) is 0.683. The maximum Gasteiger partial charge on any atom is 0.343 e. The Morgan fingerprint density at radius 3 is 2.13 bits per heavy atom. The van der Waals surface area contributed by atoms with Crippen LogP contribution in [0.3, 0.4) is 0 Å². The highest BCUT2D eigenvalue weighted by Gasteiger charge is 2.48. The largest absolute Gasteiger partial charge is 0.464 e. The molecule has 2 nitrogen and oxygen atoms in total. The Balaban J connectivity index is 2.58. The summed E-state index contributed by atoms with van der Waals surface area (Å²) in [6.07, 6.45) is 0.482. The topological polar surface area (TPSA) is 26.3 Å². The molecule has 0 aromatic rings. The highest BCUT2D eigenvalue weighted by molar-refractivity contribution is 5.79. The van der Waals surface area contributed by atoms with Gasteiger partial charge in [-0.05, 0) is 39.0 Å². The molecule has 1 aliphatic carbocycles. The van der Waals surface area contributed by atoms with Crippen LogP contribution in [0.25, 0.3) is 0 Å². The molecular formula is C11H18F2O2. The van der Waals surface area contributed by atoms with E-state index in [1.54, 1.807) is 13.8 Å². The molecule has 0 N–H and O–H groups in total. The van der Waals surface area contributed by atoms with Crippen molar-refractivity contribution in [2.45, 2.75) is 57.3 Å². The van der Waals surface area contributed by atoms with Gasteiger partial charge in [-0.15, -0.1) is 0 Å². The molecule has 0 aromatic heterocycles. The van der Waals surface area contributed by atoms with E-state index in [9.17, 15) is 13.6 Å². The monoisotopic (exact) mass is 220 g/mol. The molecule has 1 fully saturated rings. The summed E-state index contributed by atoms with van der Waals surface area (Å²) in [6, 6.07) is 0. The third kappa shape index (κ3) is 2.67. The molecule has 88 valence electrons. The van der Waals surface area contributed by atoms with Gasteiger partial charge in [0.15, 0.2) is 0 Å². The highest BCUT2D eigenvalue weighted by atomic mass is 19.1. The van der Waals surface area contributed by atoms with Crippen molar-refractivity contribution in [3.63, 3.8) is 0 Å². The van der Waals surface area contributed by atoms with Crippen LogP contribution in [0.2, 0.25) is 0 Å². The first kappa shape index (κ1) is 12.4. The molecule has 0 heterocycles. The van der Waals surface area contributed by atoms with Crippen LogP contribution in [-0.2, 0) is 9.53 Å². The van der Waals surface area contributed by atoms with Crippen LogP contribution in [0.5, 0.6) is 0 Å². The Morgan fingerprint density at radius 2 is 1.73 bits per heavy atom. The first-order chi connectivity index (χ1) is 6.96. The van der Waals surface area contributed by atoms with Gasteiger partial charge in [-0.25, -0.2) is 13.6 Å². The zero-order valence-electron chi connectivity index (χ0n) is 9.32. The first-order valence-electron chi connectivity index (χ1n) is 5.51. The molecule has 0 radical (unpaired) electrons.